The van der Waals surface area contributed by atoms with Crippen molar-refractivity contribution in [1.29, 1.82) is 0 Å². The molecule has 2 N–H and O–H groups in total. The van der Waals surface area contributed by atoms with Crippen molar-refractivity contribution in [2.24, 2.45) is 0 Å². The number of halogens is 3. The van der Waals surface area contributed by atoms with Crippen LogP contribution in [-0.2, 0) is 4.79 Å². The first-order chi connectivity index (χ1) is 10.5. The van der Waals surface area contributed by atoms with Crippen LogP contribution in [-0.4, -0.2) is 12.5 Å². The van der Waals surface area contributed by atoms with Crippen LogP contribution in [0.4, 0.5) is 14.5 Å². The zero-order chi connectivity index (χ0) is 16.1. The highest BCUT2D eigenvalue weighted by molar-refractivity contribution is 6.31. The van der Waals surface area contributed by atoms with Crippen molar-refractivity contribution in [2.45, 2.75) is 13.0 Å². The standard InChI is InChI=1S/C16H15ClF2N2O/c1-10(12-4-2-3-5-13(12)17)20-9-16(22)21-15-7-6-11(18)8-14(15)19/h2-8,10,20H,9H2,1H3,(H,21,22)/t10-/m0/s1. The largest absolute Gasteiger partial charge is 0.322 e. The van der Waals surface area contributed by atoms with E-state index < -0.39 is 17.5 Å². The van der Waals surface area contributed by atoms with Gasteiger partial charge in [-0.15, -0.1) is 0 Å². The zero-order valence-corrected chi connectivity index (χ0v) is 12.6. The van der Waals surface area contributed by atoms with E-state index in [9.17, 15) is 13.6 Å². The van der Waals surface area contributed by atoms with Gasteiger partial charge in [0, 0.05) is 17.1 Å². The number of nitrogens with one attached hydrogen (secondary N) is 2. The summed E-state index contributed by atoms with van der Waals surface area (Å²) in [4.78, 5) is 11.8. The molecule has 0 unspecified atom stereocenters. The Bertz CT molecular complexity index is 679. The average molecular weight is 325 g/mol. The lowest BCUT2D eigenvalue weighted by Gasteiger charge is -2.15. The third-order valence-corrected chi connectivity index (χ3v) is 3.49. The maximum atomic E-state index is 13.4. The highest BCUT2D eigenvalue weighted by Crippen LogP contribution is 2.22. The minimum absolute atomic E-state index is 0.0246. The quantitative estimate of drug-likeness (QED) is 0.875. The van der Waals surface area contributed by atoms with Crippen molar-refractivity contribution < 1.29 is 13.6 Å². The van der Waals surface area contributed by atoms with Crippen molar-refractivity contribution in [2.75, 3.05) is 11.9 Å². The van der Waals surface area contributed by atoms with Crippen LogP contribution < -0.4 is 10.6 Å². The van der Waals surface area contributed by atoms with Crippen molar-refractivity contribution in [1.82, 2.24) is 5.32 Å². The van der Waals surface area contributed by atoms with Gasteiger partial charge < -0.3 is 10.6 Å². The van der Waals surface area contributed by atoms with Crippen LogP contribution in [0.3, 0.4) is 0 Å². The molecular weight excluding hydrogens is 310 g/mol. The lowest BCUT2D eigenvalue weighted by Crippen LogP contribution is -2.30. The van der Waals surface area contributed by atoms with Gasteiger partial charge in [0.1, 0.15) is 11.6 Å². The molecule has 3 nitrogen and oxygen atoms in total. The first-order valence-electron chi connectivity index (χ1n) is 6.70. The predicted molar refractivity (Wildman–Crippen MR) is 82.9 cm³/mol. The summed E-state index contributed by atoms with van der Waals surface area (Å²) in [6.07, 6.45) is 0. The number of carbonyl (C=O) groups excluding carboxylic acids is 1. The predicted octanol–water partition coefficient (Wildman–Crippen LogP) is 3.91. The molecule has 0 spiro atoms. The molecule has 0 fully saturated rings. The molecular formula is C16H15ClF2N2O. The normalized spacial score (nSPS) is 12.0. The number of anilines is 1. The van der Waals surface area contributed by atoms with Crippen molar-refractivity contribution in [3.05, 3.63) is 64.7 Å². The molecule has 0 aliphatic heterocycles. The smallest absolute Gasteiger partial charge is 0.238 e. The number of hydrogen-bond donors (Lipinski definition) is 2. The van der Waals surface area contributed by atoms with Crippen LogP contribution in [0.25, 0.3) is 0 Å². The molecule has 1 atom stereocenters. The summed E-state index contributed by atoms with van der Waals surface area (Å²) in [5.74, 6) is -1.93. The van der Waals surface area contributed by atoms with Gasteiger partial charge in [0.2, 0.25) is 5.91 Å². The van der Waals surface area contributed by atoms with Gasteiger partial charge in [-0.3, -0.25) is 4.79 Å². The van der Waals surface area contributed by atoms with Crippen LogP contribution in [0, 0.1) is 11.6 Å². The second-order valence-electron chi connectivity index (χ2n) is 4.80. The molecule has 2 aromatic carbocycles. The van der Waals surface area contributed by atoms with E-state index in [1.54, 1.807) is 6.07 Å². The second-order valence-corrected chi connectivity index (χ2v) is 5.20. The van der Waals surface area contributed by atoms with Crippen molar-refractivity contribution in [3.63, 3.8) is 0 Å². The van der Waals surface area contributed by atoms with Gasteiger partial charge in [0.25, 0.3) is 0 Å². The Morgan fingerprint density at radius 2 is 1.95 bits per heavy atom. The molecule has 2 rings (SSSR count). The van der Waals surface area contributed by atoms with E-state index in [0.717, 1.165) is 17.7 Å². The lowest BCUT2D eigenvalue weighted by atomic mass is 10.1. The van der Waals surface area contributed by atoms with Gasteiger partial charge in [-0.1, -0.05) is 29.8 Å². The molecule has 0 radical (unpaired) electrons. The van der Waals surface area contributed by atoms with Crippen LogP contribution in [0.5, 0.6) is 0 Å². The molecule has 0 aliphatic carbocycles. The van der Waals surface area contributed by atoms with Crippen LogP contribution in [0.2, 0.25) is 5.02 Å². The summed E-state index contributed by atoms with van der Waals surface area (Å²) in [6, 6.07) is 10.1. The van der Waals surface area contributed by atoms with Crippen LogP contribution in [0.15, 0.2) is 42.5 Å². The number of rotatable bonds is 5. The Labute approximate surface area is 132 Å². The average Bonchev–Trinajstić information content (AvgIpc) is 2.48. The molecule has 116 valence electrons. The maximum absolute atomic E-state index is 13.4. The molecule has 0 saturated heterocycles. The Morgan fingerprint density at radius 3 is 2.64 bits per heavy atom. The Morgan fingerprint density at radius 1 is 1.23 bits per heavy atom. The molecule has 1 amide bonds. The number of carbonyl (C=O) groups is 1. The SMILES string of the molecule is C[C@H](NCC(=O)Nc1ccc(F)cc1F)c1ccccc1Cl. The molecule has 0 aliphatic rings. The monoisotopic (exact) mass is 324 g/mol. The second kappa shape index (κ2) is 7.33. The van der Waals surface area contributed by atoms with E-state index in [2.05, 4.69) is 10.6 Å². The van der Waals surface area contributed by atoms with Gasteiger partial charge in [0.15, 0.2) is 0 Å². The first-order valence-corrected chi connectivity index (χ1v) is 7.08. The Hall–Kier alpha value is -1.98. The number of hydrogen-bond acceptors (Lipinski definition) is 2. The molecule has 2 aromatic rings. The zero-order valence-electron chi connectivity index (χ0n) is 11.9. The Balaban J connectivity index is 1.91. The number of benzene rings is 2. The summed E-state index contributed by atoms with van der Waals surface area (Å²) < 4.78 is 26.2. The summed E-state index contributed by atoms with van der Waals surface area (Å²) >= 11 is 6.07. The third-order valence-electron chi connectivity index (χ3n) is 3.15. The molecule has 0 heterocycles. The van der Waals surface area contributed by atoms with Gasteiger partial charge in [0.05, 0.1) is 12.2 Å². The fraction of sp³-hybridized carbons (Fsp3) is 0.188. The van der Waals surface area contributed by atoms with E-state index in [4.69, 9.17) is 11.6 Å². The van der Waals surface area contributed by atoms with Crippen molar-refractivity contribution >= 4 is 23.2 Å². The topological polar surface area (TPSA) is 41.1 Å². The highest BCUT2D eigenvalue weighted by atomic mass is 35.5. The van der Waals surface area contributed by atoms with E-state index in [1.165, 1.54) is 6.07 Å². The summed E-state index contributed by atoms with van der Waals surface area (Å²) in [7, 11) is 0. The minimum Gasteiger partial charge on any atom is -0.322 e. The lowest BCUT2D eigenvalue weighted by molar-refractivity contribution is -0.115. The van der Waals surface area contributed by atoms with Gasteiger partial charge in [-0.25, -0.2) is 8.78 Å². The van der Waals surface area contributed by atoms with Crippen LogP contribution in [0.1, 0.15) is 18.5 Å². The van der Waals surface area contributed by atoms with E-state index >= 15 is 0 Å². The van der Waals surface area contributed by atoms with Gasteiger partial charge >= 0.3 is 0 Å². The van der Waals surface area contributed by atoms with E-state index in [1.807, 2.05) is 25.1 Å². The maximum Gasteiger partial charge on any atom is 0.238 e. The third kappa shape index (κ3) is 4.26. The summed E-state index contributed by atoms with van der Waals surface area (Å²) in [6.45, 7) is 1.84. The Kier molecular flexibility index (Phi) is 5.46. The van der Waals surface area contributed by atoms with E-state index in [-0.39, 0.29) is 18.3 Å². The molecule has 0 aromatic heterocycles. The fourth-order valence-corrected chi connectivity index (χ4v) is 2.27. The molecule has 6 heteroatoms. The summed E-state index contributed by atoms with van der Waals surface area (Å²) in [5, 5.41) is 5.98. The number of amides is 1. The fourth-order valence-electron chi connectivity index (χ4n) is 1.97. The summed E-state index contributed by atoms with van der Waals surface area (Å²) in [5.41, 5.74) is 0.809. The van der Waals surface area contributed by atoms with Crippen LogP contribution >= 0.6 is 11.6 Å². The highest BCUT2D eigenvalue weighted by Gasteiger charge is 2.12. The van der Waals surface area contributed by atoms with Gasteiger partial charge in [-0.05, 0) is 30.7 Å². The van der Waals surface area contributed by atoms with E-state index in [0.29, 0.717) is 5.02 Å². The molecule has 0 bridgehead atoms. The van der Waals surface area contributed by atoms with Crippen molar-refractivity contribution in [3.8, 4) is 0 Å². The molecule has 22 heavy (non-hydrogen) atoms. The first kappa shape index (κ1) is 16.4. The van der Waals surface area contributed by atoms with Gasteiger partial charge in [-0.2, -0.15) is 0 Å². The minimum atomic E-state index is -0.812. The molecule has 0 saturated carbocycles.